The van der Waals surface area contributed by atoms with E-state index in [1.54, 1.807) is 18.2 Å². The summed E-state index contributed by atoms with van der Waals surface area (Å²) in [7, 11) is 0. The molecule has 0 aromatic heterocycles. The zero-order valence-electron chi connectivity index (χ0n) is 16.1. The predicted octanol–water partition coefficient (Wildman–Crippen LogP) is 5.27. The number of aryl methyl sites for hydroxylation is 1. The van der Waals surface area contributed by atoms with Crippen molar-refractivity contribution in [3.8, 4) is 11.5 Å². The molecule has 1 heterocycles. The van der Waals surface area contributed by atoms with E-state index in [9.17, 15) is 4.79 Å². The van der Waals surface area contributed by atoms with Crippen LogP contribution in [0.5, 0.6) is 11.5 Å². The minimum Gasteiger partial charge on any atom is -0.491 e. The maximum Gasteiger partial charge on any atom is 0.263 e. The molecule has 0 aliphatic carbocycles. The fraction of sp³-hybridized carbons (Fsp3) is 0.238. The summed E-state index contributed by atoms with van der Waals surface area (Å²) in [6.07, 6.45) is 1.68. The molecule has 1 N–H and O–H groups in total. The Balaban J connectivity index is 1.43. The molecule has 1 aliphatic rings. The lowest BCUT2D eigenvalue weighted by Gasteiger charge is -2.12. The number of carbonyl (C=O) groups is 1. The first kappa shape index (κ1) is 22.9. The van der Waals surface area contributed by atoms with Crippen molar-refractivity contribution in [3.05, 3.63) is 62.5 Å². The molecule has 1 amide bonds. The molecule has 2 aromatic rings. The van der Waals surface area contributed by atoms with Gasteiger partial charge >= 0.3 is 0 Å². The van der Waals surface area contributed by atoms with Crippen LogP contribution in [0.15, 0.2) is 41.3 Å². The predicted molar refractivity (Wildman–Crippen MR) is 126 cm³/mol. The Bertz CT molecular complexity index is 941. The van der Waals surface area contributed by atoms with Gasteiger partial charge in [-0.3, -0.25) is 4.79 Å². The van der Waals surface area contributed by atoms with E-state index in [-0.39, 0.29) is 12.5 Å². The van der Waals surface area contributed by atoms with Crippen molar-refractivity contribution in [2.45, 2.75) is 6.92 Å². The minimum absolute atomic E-state index is 0.235. The maximum atomic E-state index is 11.8. The standard InChI is InChI=1S/C21H19Cl2NO4S2/c1-13-2-4-15(5-3-13)27-8-6-26-7-9-28-19-16(22)10-14(11-17(19)23)12-18-20(25)24-21(29)30-18/h2-5,10-12H,6-9H2,1H3,(H,24,25,29)/b18-12-. The third-order valence-electron chi connectivity index (χ3n) is 3.95. The number of nitrogens with one attached hydrogen (secondary N) is 1. The van der Waals surface area contributed by atoms with Crippen LogP contribution < -0.4 is 14.8 Å². The van der Waals surface area contributed by atoms with Crippen molar-refractivity contribution < 1.29 is 19.0 Å². The quantitative estimate of drug-likeness (QED) is 0.298. The number of thiocarbonyl (C=S) groups is 1. The van der Waals surface area contributed by atoms with Gasteiger partial charge in [-0.2, -0.15) is 0 Å². The first-order chi connectivity index (χ1) is 14.4. The molecule has 9 heteroatoms. The number of carbonyl (C=O) groups excluding carboxylic acids is 1. The zero-order valence-corrected chi connectivity index (χ0v) is 19.2. The van der Waals surface area contributed by atoms with Gasteiger partial charge in [0, 0.05) is 0 Å². The minimum atomic E-state index is -0.235. The molecule has 5 nitrogen and oxygen atoms in total. The molecule has 0 radical (unpaired) electrons. The first-order valence-corrected chi connectivity index (χ1v) is 11.0. The molecular formula is C21H19Cl2NO4S2. The van der Waals surface area contributed by atoms with Gasteiger partial charge in [0.05, 0.1) is 28.2 Å². The number of hydrogen-bond donors (Lipinski definition) is 1. The largest absolute Gasteiger partial charge is 0.491 e. The van der Waals surface area contributed by atoms with Crippen molar-refractivity contribution in [1.82, 2.24) is 5.32 Å². The number of benzene rings is 2. The molecule has 1 aliphatic heterocycles. The average Bonchev–Trinajstić information content (AvgIpc) is 3.01. The average molecular weight is 484 g/mol. The summed E-state index contributed by atoms with van der Waals surface area (Å²) >= 11 is 18.8. The van der Waals surface area contributed by atoms with Crippen LogP contribution in [0.3, 0.4) is 0 Å². The van der Waals surface area contributed by atoms with Crippen LogP contribution in [0.25, 0.3) is 6.08 Å². The van der Waals surface area contributed by atoms with Crippen molar-refractivity contribution in [3.63, 3.8) is 0 Å². The van der Waals surface area contributed by atoms with Gasteiger partial charge in [-0.1, -0.05) is 64.9 Å². The summed E-state index contributed by atoms with van der Waals surface area (Å²) in [5.74, 6) is 0.949. The van der Waals surface area contributed by atoms with E-state index in [1.165, 1.54) is 17.3 Å². The normalized spacial score (nSPS) is 14.8. The summed E-state index contributed by atoms with van der Waals surface area (Å²) < 4.78 is 17.2. The van der Waals surface area contributed by atoms with Gasteiger partial charge in [-0.15, -0.1) is 0 Å². The van der Waals surface area contributed by atoms with Crippen molar-refractivity contribution >= 4 is 63.5 Å². The molecule has 158 valence electrons. The monoisotopic (exact) mass is 483 g/mol. The lowest BCUT2D eigenvalue weighted by Crippen LogP contribution is -2.17. The highest BCUT2D eigenvalue weighted by Crippen LogP contribution is 2.36. The van der Waals surface area contributed by atoms with E-state index < -0.39 is 0 Å². The summed E-state index contributed by atoms with van der Waals surface area (Å²) in [4.78, 5) is 12.3. The summed E-state index contributed by atoms with van der Waals surface area (Å²) in [5.41, 5.74) is 1.87. The van der Waals surface area contributed by atoms with Gasteiger partial charge in [0.25, 0.3) is 5.91 Å². The Hall–Kier alpha value is -1.77. The smallest absolute Gasteiger partial charge is 0.263 e. The van der Waals surface area contributed by atoms with Gasteiger partial charge in [-0.05, 0) is 42.8 Å². The Morgan fingerprint density at radius 2 is 1.67 bits per heavy atom. The number of thioether (sulfide) groups is 1. The maximum absolute atomic E-state index is 11.8. The third-order valence-corrected chi connectivity index (χ3v) is 5.68. The zero-order chi connectivity index (χ0) is 21.5. The fourth-order valence-electron chi connectivity index (χ4n) is 2.53. The molecule has 30 heavy (non-hydrogen) atoms. The highest BCUT2D eigenvalue weighted by molar-refractivity contribution is 8.26. The van der Waals surface area contributed by atoms with Crippen LogP contribution in [0.1, 0.15) is 11.1 Å². The highest BCUT2D eigenvalue weighted by Gasteiger charge is 2.22. The molecule has 0 saturated carbocycles. The van der Waals surface area contributed by atoms with Crippen LogP contribution in [0.2, 0.25) is 10.0 Å². The third kappa shape index (κ3) is 6.62. The van der Waals surface area contributed by atoms with Crippen LogP contribution >= 0.6 is 47.2 Å². The van der Waals surface area contributed by atoms with Crippen molar-refractivity contribution in [1.29, 1.82) is 0 Å². The second-order valence-electron chi connectivity index (χ2n) is 6.29. The molecule has 2 aromatic carbocycles. The first-order valence-electron chi connectivity index (χ1n) is 9.06. The van der Waals surface area contributed by atoms with E-state index >= 15 is 0 Å². The molecular weight excluding hydrogens is 465 g/mol. The van der Waals surface area contributed by atoms with E-state index in [0.29, 0.717) is 50.4 Å². The number of rotatable bonds is 9. The fourth-order valence-corrected chi connectivity index (χ4v) is 4.19. The van der Waals surface area contributed by atoms with Gasteiger partial charge in [0.2, 0.25) is 0 Å². The van der Waals surface area contributed by atoms with Crippen molar-refractivity contribution in [2.75, 3.05) is 26.4 Å². The lowest BCUT2D eigenvalue weighted by molar-refractivity contribution is -0.115. The Kier molecular flexibility index (Phi) is 8.41. The summed E-state index contributed by atoms with van der Waals surface area (Å²) in [6.45, 7) is 3.57. The summed E-state index contributed by atoms with van der Waals surface area (Å²) in [5, 5.41) is 3.26. The van der Waals surface area contributed by atoms with Gasteiger partial charge < -0.3 is 19.5 Å². The van der Waals surface area contributed by atoms with E-state index in [0.717, 1.165) is 5.75 Å². The molecule has 0 spiro atoms. The molecule has 1 saturated heterocycles. The SMILES string of the molecule is Cc1ccc(OCCOCCOc2c(Cl)cc(/C=C3\SC(=S)NC3=O)cc2Cl)cc1. The van der Waals surface area contributed by atoms with Crippen LogP contribution in [-0.4, -0.2) is 36.7 Å². The summed E-state index contributed by atoms with van der Waals surface area (Å²) in [6, 6.07) is 11.2. The lowest BCUT2D eigenvalue weighted by atomic mass is 10.2. The van der Waals surface area contributed by atoms with E-state index in [4.69, 9.17) is 49.6 Å². The number of ether oxygens (including phenoxy) is 3. The van der Waals surface area contributed by atoms with E-state index in [1.807, 2.05) is 31.2 Å². The topological polar surface area (TPSA) is 56.8 Å². The van der Waals surface area contributed by atoms with Gasteiger partial charge in [-0.25, -0.2) is 0 Å². The Labute approximate surface area is 194 Å². The molecule has 1 fully saturated rings. The van der Waals surface area contributed by atoms with E-state index in [2.05, 4.69) is 5.32 Å². The van der Waals surface area contributed by atoms with Crippen LogP contribution in [0.4, 0.5) is 0 Å². The number of hydrogen-bond acceptors (Lipinski definition) is 6. The molecule has 0 bridgehead atoms. The highest BCUT2D eigenvalue weighted by atomic mass is 35.5. The molecule has 0 atom stereocenters. The second kappa shape index (κ2) is 11.0. The number of amides is 1. The van der Waals surface area contributed by atoms with Crippen molar-refractivity contribution in [2.24, 2.45) is 0 Å². The van der Waals surface area contributed by atoms with Crippen LogP contribution in [0, 0.1) is 6.92 Å². The number of halogens is 2. The Morgan fingerprint density at radius 1 is 1.03 bits per heavy atom. The van der Waals surface area contributed by atoms with Gasteiger partial charge in [0.15, 0.2) is 5.75 Å². The molecule has 3 rings (SSSR count). The Morgan fingerprint density at radius 3 is 2.27 bits per heavy atom. The van der Waals surface area contributed by atoms with Crippen LogP contribution in [-0.2, 0) is 9.53 Å². The second-order valence-corrected chi connectivity index (χ2v) is 8.82. The van der Waals surface area contributed by atoms with Gasteiger partial charge in [0.1, 0.15) is 23.3 Å². The molecule has 0 unspecified atom stereocenters.